The van der Waals surface area contributed by atoms with Gasteiger partial charge in [0.25, 0.3) is 5.91 Å². The van der Waals surface area contributed by atoms with Crippen molar-refractivity contribution >= 4 is 23.6 Å². The Morgan fingerprint density at radius 2 is 2.25 bits per heavy atom. The van der Waals surface area contributed by atoms with Crippen molar-refractivity contribution in [2.24, 2.45) is 0 Å². The van der Waals surface area contributed by atoms with E-state index in [-0.39, 0.29) is 11.9 Å². The third-order valence-corrected chi connectivity index (χ3v) is 3.35. The number of nitrogens with one attached hydrogen (secondary N) is 1. The maximum absolute atomic E-state index is 12.3. The lowest BCUT2D eigenvalue weighted by atomic mass is 10.2. The van der Waals surface area contributed by atoms with E-state index in [0.717, 1.165) is 0 Å². The maximum atomic E-state index is 12.3. The summed E-state index contributed by atoms with van der Waals surface area (Å²) in [4.78, 5) is 29.2. The molecule has 1 N–H and O–H groups in total. The molecule has 7 heteroatoms. The fraction of sp³-hybridized carbons (Fsp3) is 0.462. The zero-order valence-electron chi connectivity index (χ0n) is 11.4. The highest BCUT2D eigenvalue weighted by atomic mass is 35.5. The van der Waals surface area contributed by atoms with Gasteiger partial charge in [0.05, 0.1) is 13.2 Å². The molecule has 20 heavy (non-hydrogen) atoms. The molecule has 108 valence electrons. The molecule has 0 aliphatic carbocycles. The van der Waals surface area contributed by atoms with E-state index in [4.69, 9.17) is 11.6 Å². The van der Waals surface area contributed by atoms with Crippen LogP contribution in [0.25, 0.3) is 0 Å². The number of aryl methyl sites for hydroxylation is 1. The van der Waals surface area contributed by atoms with Gasteiger partial charge in [-0.25, -0.2) is 9.78 Å². The van der Waals surface area contributed by atoms with E-state index >= 15 is 0 Å². The number of nitrogens with zero attached hydrogens (tertiary/aromatic N) is 2. The van der Waals surface area contributed by atoms with Crippen molar-refractivity contribution in [1.82, 2.24) is 15.2 Å². The zero-order valence-corrected chi connectivity index (χ0v) is 12.1. The van der Waals surface area contributed by atoms with Gasteiger partial charge in [-0.1, -0.05) is 11.6 Å². The summed E-state index contributed by atoms with van der Waals surface area (Å²) in [6.07, 6.45) is 0.227. The molecular weight excluding hydrogens is 282 g/mol. The molecule has 2 amide bonds. The predicted octanol–water partition coefficient (Wildman–Crippen LogP) is 1.61. The first-order chi connectivity index (χ1) is 9.49. The van der Waals surface area contributed by atoms with Crippen LogP contribution in [0.4, 0.5) is 4.79 Å². The minimum Gasteiger partial charge on any atom is -0.453 e. The quantitative estimate of drug-likeness (QED) is 0.842. The number of carbonyl (C=O) groups excluding carboxylic acids is 2. The Balaban J connectivity index is 2.02. The van der Waals surface area contributed by atoms with Crippen molar-refractivity contribution in [3.8, 4) is 0 Å². The summed E-state index contributed by atoms with van der Waals surface area (Å²) in [5, 5.41) is 3.00. The number of hydrogen-bond donors (Lipinski definition) is 1. The summed E-state index contributed by atoms with van der Waals surface area (Å²) in [5.74, 6) is -0.105. The SMILES string of the molecule is COC(=O)NC1CCN(C(=O)c2cc(C)nc(Cl)c2)C1. The van der Waals surface area contributed by atoms with Crippen molar-refractivity contribution in [1.29, 1.82) is 0 Å². The molecule has 1 aromatic rings. The van der Waals surface area contributed by atoms with Crippen LogP contribution in [0.3, 0.4) is 0 Å². The van der Waals surface area contributed by atoms with E-state index in [1.165, 1.54) is 7.11 Å². The molecule has 0 bridgehead atoms. The van der Waals surface area contributed by atoms with Gasteiger partial charge in [-0.3, -0.25) is 4.79 Å². The molecule has 1 aliphatic heterocycles. The number of amides is 2. The first-order valence-electron chi connectivity index (χ1n) is 6.27. The number of alkyl carbamates (subject to hydrolysis) is 1. The molecule has 1 aromatic heterocycles. The Hall–Kier alpha value is -1.82. The first-order valence-corrected chi connectivity index (χ1v) is 6.65. The summed E-state index contributed by atoms with van der Waals surface area (Å²) in [5.41, 5.74) is 1.21. The van der Waals surface area contributed by atoms with Gasteiger partial charge in [0.1, 0.15) is 5.15 Å². The fourth-order valence-corrected chi connectivity index (χ4v) is 2.47. The van der Waals surface area contributed by atoms with E-state index in [1.54, 1.807) is 24.0 Å². The summed E-state index contributed by atoms with van der Waals surface area (Å²) in [7, 11) is 1.31. The lowest BCUT2D eigenvalue weighted by Crippen LogP contribution is -2.38. The van der Waals surface area contributed by atoms with Crippen molar-refractivity contribution in [2.45, 2.75) is 19.4 Å². The van der Waals surface area contributed by atoms with Crippen LogP contribution in [0.1, 0.15) is 22.5 Å². The maximum Gasteiger partial charge on any atom is 0.407 e. The number of hydrogen-bond acceptors (Lipinski definition) is 4. The van der Waals surface area contributed by atoms with Gasteiger partial charge in [0, 0.05) is 24.3 Å². The predicted molar refractivity (Wildman–Crippen MR) is 73.8 cm³/mol. The summed E-state index contributed by atoms with van der Waals surface area (Å²) in [6, 6.07) is 3.18. The topological polar surface area (TPSA) is 71.5 Å². The molecule has 0 saturated carbocycles. The van der Waals surface area contributed by atoms with E-state index in [2.05, 4.69) is 15.0 Å². The molecule has 2 heterocycles. The monoisotopic (exact) mass is 297 g/mol. The Morgan fingerprint density at radius 1 is 1.50 bits per heavy atom. The molecule has 1 atom stereocenters. The number of aromatic nitrogens is 1. The van der Waals surface area contributed by atoms with Crippen LogP contribution in [0.5, 0.6) is 0 Å². The number of rotatable bonds is 2. The Labute approximate surface area is 122 Å². The largest absolute Gasteiger partial charge is 0.453 e. The van der Waals surface area contributed by atoms with Crippen molar-refractivity contribution in [2.75, 3.05) is 20.2 Å². The molecular formula is C13H16ClN3O3. The highest BCUT2D eigenvalue weighted by Gasteiger charge is 2.28. The molecule has 2 rings (SSSR count). The van der Waals surface area contributed by atoms with Crippen LogP contribution in [-0.4, -0.2) is 48.1 Å². The highest BCUT2D eigenvalue weighted by molar-refractivity contribution is 6.29. The Bertz CT molecular complexity index is 515. The van der Waals surface area contributed by atoms with Gasteiger partial charge in [-0.05, 0) is 25.5 Å². The van der Waals surface area contributed by atoms with Gasteiger partial charge in [0.15, 0.2) is 0 Å². The van der Waals surface area contributed by atoms with Gasteiger partial charge in [-0.2, -0.15) is 0 Å². The molecule has 1 fully saturated rings. The summed E-state index contributed by atoms with van der Waals surface area (Å²) in [6.45, 7) is 2.84. The standard InChI is InChI=1S/C13H16ClN3O3/c1-8-5-9(6-11(14)15-8)12(18)17-4-3-10(7-17)16-13(19)20-2/h5-6,10H,3-4,7H2,1-2H3,(H,16,19). The number of ether oxygens (including phenoxy) is 1. The smallest absolute Gasteiger partial charge is 0.407 e. The third kappa shape index (κ3) is 3.39. The second-order valence-electron chi connectivity index (χ2n) is 4.69. The number of carbonyl (C=O) groups is 2. The van der Waals surface area contributed by atoms with Crippen LogP contribution in [0, 0.1) is 6.92 Å². The molecule has 1 saturated heterocycles. The second-order valence-corrected chi connectivity index (χ2v) is 5.08. The van der Waals surface area contributed by atoms with Crippen LogP contribution in [-0.2, 0) is 4.74 Å². The van der Waals surface area contributed by atoms with Gasteiger partial charge in [-0.15, -0.1) is 0 Å². The van der Waals surface area contributed by atoms with Crippen LogP contribution >= 0.6 is 11.6 Å². The number of halogens is 1. The summed E-state index contributed by atoms with van der Waals surface area (Å²) < 4.78 is 4.54. The fourth-order valence-electron chi connectivity index (χ4n) is 2.22. The molecule has 0 aromatic carbocycles. The van der Waals surface area contributed by atoms with Crippen LogP contribution < -0.4 is 5.32 Å². The van der Waals surface area contributed by atoms with Crippen molar-refractivity contribution in [3.63, 3.8) is 0 Å². The lowest BCUT2D eigenvalue weighted by Gasteiger charge is -2.17. The molecule has 6 nitrogen and oxygen atoms in total. The van der Waals surface area contributed by atoms with Crippen molar-refractivity contribution in [3.05, 3.63) is 28.5 Å². The summed E-state index contributed by atoms with van der Waals surface area (Å²) >= 11 is 5.86. The van der Waals surface area contributed by atoms with E-state index in [9.17, 15) is 9.59 Å². The van der Waals surface area contributed by atoms with E-state index in [1.807, 2.05) is 0 Å². The van der Waals surface area contributed by atoms with E-state index in [0.29, 0.717) is 35.9 Å². The van der Waals surface area contributed by atoms with Crippen LogP contribution in [0.2, 0.25) is 5.15 Å². The normalized spacial score (nSPS) is 17.9. The minimum atomic E-state index is -0.480. The van der Waals surface area contributed by atoms with Gasteiger partial charge in [0.2, 0.25) is 0 Å². The average molecular weight is 298 g/mol. The number of pyridine rings is 1. The van der Waals surface area contributed by atoms with Crippen molar-refractivity contribution < 1.29 is 14.3 Å². The number of likely N-dealkylation sites (tertiary alicyclic amines) is 1. The van der Waals surface area contributed by atoms with Gasteiger partial charge >= 0.3 is 6.09 Å². The highest BCUT2D eigenvalue weighted by Crippen LogP contribution is 2.17. The van der Waals surface area contributed by atoms with Crippen LogP contribution in [0.15, 0.2) is 12.1 Å². The molecule has 0 spiro atoms. The molecule has 1 aliphatic rings. The average Bonchev–Trinajstić information content (AvgIpc) is 2.85. The molecule has 0 radical (unpaired) electrons. The first kappa shape index (κ1) is 14.6. The second kappa shape index (κ2) is 6.09. The third-order valence-electron chi connectivity index (χ3n) is 3.15. The van der Waals surface area contributed by atoms with Gasteiger partial charge < -0.3 is 15.0 Å². The Kier molecular flexibility index (Phi) is 4.44. The zero-order chi connectivity index (χ0) is 14.7. The number of methoxy groups -OCH3 is 1. The van der Waals surface area contributed by atoms with E-state index < -0.39 is 6.09 Å². The Morgan fingerprint density at radius 3 is 2.90 bits per heavy atom. The lowest BCUT2D eigenvalue weighted by molar-refractivity contribution is 0.0788. The molecule has 1 unspecified atom stereocenters. The minimum absolute atomic E-state index is 0.0789.